The highest BCUT2D eigenvalue weighted by Crippen LogP contribution is 2.21. The predicted octanol–water partition coefficient (Wildman–Crippen LogP) is 4.00. The molecular weight excluding hydrogens is 317 g/mol. The Kier molecular flexibility index (Phi) is 5.61. The first-order valence-corrected chi connectivity index (χ1v) is 7.72. The molecule has 0 unspecified atom stereocenters. The zero-order chi connectivity index (χ0) is 16.9. The van der Waals surface area contributed by atoms with Gasteiger partial charge in [0.15, 0.2) is 5.60 Å². The first-order valence-electron chi connectivity index (χ1n) is 7.34. The Labute approximate surface area is 140 Å². The van der Waals surface area contributed by atoms with E-state index in [0.29, 0.717) is 23.7 Å². The molecule has 0 saturated heterocycles. The molecule has 0 aliphatic heterocycles. The van der Waals surface area contributed by atoms with Crippen molar-refractivity contribution in [2.24, 2.45) is 0 Å². The van der Waals surface area contributed by atoms with Crippen LogP contribution in [0.3, 0.4) is 0 Å². The standard InChI is InChI=1S/C18H19ClFNO2/c1-18(2,23-16-9-5-14(19)6-10-16)17(22)21-12-11-13-3-7-15(20)8-4-13/h3-10H,11-12H2,1-2H3,(H,21,22). The fraction of sp³-hybridized carbons (Fsp3) is 0.278. The molecule has 0 heterocycles. The highest BCUT2D eigenvalue weighted by molar-refractivity contribution is 6.30. The molecule has 1 amide bonds. The highest BCUT2D eigenvalue weighted by Gasteiger charge is 2.29. The quantitative estimate of drug-likeness (QED) is 0.866. The number of hydrogen-bond donors (Lipinski definition) is 1. The molecule has 0 radical (unpaired) electrons. The van der Waals surface area contributed by atoms with Crippen LogP contribution in [0, 0.1) is 5.82 Å². The van der Waals surface area contributed by atoms with Gasteiger partial charge in [-0.1, -0.05) is 23.7 Å². The van der Waals surface area contributed by atoms with Gasteiger partial charge in [0.2, 0.25) is 0 Å². The lowest BCUT2D eigenvalue weighted by Gasteiger charge is -2.25. The van der Waals surface area contributed by atoms with E-state index in [1.165, 1.54) is 12.1 Å². The molecule has 0 atom stereocenters. The van der Waals surface area contributed by atoms with E-state index in [4.69, 9.17) is 16.3 Å². The predicted molar refractivity (Wildman–Crippen MR) is 89.3 cm³/mol. The summed E-state index contributed by atoms with van der Waals surface area (Å²) in [5, 5.41) is 3.44. The summed E-state index contributed by atoms with van der Waals surface area (Å²) in [6, 6.07) is 13.1. The van der Waals surface area contributed by atoms with Gasteiger partial charge in [0.05, 0.1) is 0 Å². The largest absolute Gasteiger partial charge is 0.478 e. The van der Waals surface area contributed by atoms with E-state index in [1.54, 1.807) is 50.2 Å². The Morgan fingerprint density at radius 1 is 1.13 bits per heavy atom. The molecule has 122 valence electrons. The van der Waals surface area contributed by atoms with Crippen LogP contribution in [-0.4, -0.2) is 18.1 Å². The van der Waals surface area contributed by atoms with Crippen LogP contribution >= 0.6 is 11.6 Å². The Bertz CT molecular complexity index is 654. The van der Waals surface area contributed by atoms with Crippen molar-refractivity contribution in [3.8, 4) is 5.75 Å². The maximum absolute atomic E-state index is 12.8. The summed E-state index contributed by atoms with van der Waals surface area (Å²) in [6.45, 7) is 3.86. The second kappa shape index (κ2) is 7.47. The molecule has 0 spiro atoms. The summed E-state index contributed by atoms with van der Waals surface area (Å²) >= 11 is 5.82. The molecule has 0 aliphatic carbocycles. The first kappa shape index (κ1) is 17.3. The van der Waals surface area contributed by atoms with Gasteiger partial charge in [0, 0.05) is 11.6 Å². The van der Waals surface area contributed by atoms with Gasteiger partial charge >= 0.3 is 0 Å². The summed E-state index contributed by atoms with van der Waals surface area (Å²) in [5.41, 5.74) is -0.0421. The second-order valence-corrected chi connectivity index (χ2v) is 6.14. The molecule has 0 saturated carbocycles. The van der Waals surface area contributed by atoms with Crippen molar-refractivity contribution in [3.05, 3.63) is 64.9 Å². The molecule has 0 fully saturated rings. The summed E-state index contributed by atoms with van der Waals surface area (Å²) in [4.78, 5) is 12.3. The lowest BCUT2D eigenvalue weighted by atomic mass is 10.1. The van der Waals surface area contributed by atoms with Gasteiger partial charge in [0.1, 0.15) is 11.6 Å². The Morgan fingerprint density at radius 3 is 2.35 bits per heavy atom. The third-order valence-corrected chi connectivity index (χ3v) is 3.60. The summed E-state index contributed by atoms with van der Waals surface area (Å²) in [7, 11) is 0. The Balaban J connectivity index is 1.85. The van der Waals surface area contributed by atoms with E-state index in [0.717, 1.165) is 5.56 Å². The molecule has 3 nitrogen and oxygen atoms in total. The SMILES string of the molecule is CC(C)(Oc1ccc(Cl)cc1)C(=O)NCCc1ccc(F)cc1. The number of benzene rings is 2. The third-order valence-electron chi connectivity index (χ3n) is 3.35. The zero-order valence-electron chi connectivity index (χ0n) is 13.1. The number of ether oxygens (including phenoxy) is 1. The maximum Gasteiger partial charge on any atom is 0.263 e. The van der Waals surface area contributed by atoms with E-state index in [2.05, 4.69) is 5.32 Å². The smallest absolute Gasteiger partial charge is 0.263 e. The lowest BCUT2D eigenvalue weighted by molar-refractivity contribution is -0.134. The van der Waals surface area contributed by atoms with Crippen molar-refractivity contribution < 1.29 is 13.9 Å². The van der Waals surface area contributed by atoms with Gasteiger partial charge in [-0.2, -0.15) is 0 Å². The minimum Gasteiger partial charge on any atom is -0.478 e. The number of rotatable bonds is 6. The molecule has 0 aliphatic rings. The molecule has 5 heteroatoms. The van der Waals surface area contributed by atoms with Crippen LogP contribution in [0.15, 0.2) is 48.5 Å². The van der Waals surface area contributed by atoms with Gasteiger partial charge in [-0.3, -0.25) is 4.79 Å². The van der Waals surface area contributed by atoms with Crippen LogP contribution in [0.4, 0.5) is 4.39 Å². The number of carbonyl (C=O) groups is 1. The van der Waals surface area contributed by atoms with E-state index < -0.39 is 5.60 Å². The van der Waals surface area contributed by atoms with Gasteiger partial charge in [-0.05, 0) is 62.2 Å². The number of amides is 1. The number of hydrogen-bond acceptors (Lipinski definition) is 2. The van der Waals surface area contributed by atoms with Crippen LogP contribution in [0.5, 0.6) is 5.75 Å². The molecule has 2 aromatic carbocycles. The van der Waals surface area contributed by atoms with Crippen molar-refractivity contribution in [2.45, 2.75) is 25.9 Å². The van der Waals surface area contributed by atoms with Crippen LogP contribution in [0.2, 0.25) is 5.02 Å². The lowest BCUT2D eigenvalue weighted by Crippen LogP contribution is -2.47. The minimum atomic E-state index is -1.00. The molecule has 1 N–H and O–H groups in total. The second-order valence-electron chi connectivity index (χ2n) is 5.70. The molecule has 2 rings (SSSR count). The topological polar surface area (TPSA) is 38.3 Å². The third kappa shape index (κ3) is 5.25. The normalized spacial score (nSPS) is 11.1. The molecular formula is C18H19ClFNO2. The summed E-state index contributed by atoms with van der Waals surface area (Å²) in [6.07, 6.45) is 0.628. The van der Waals surface area contributed by atoms with E-state index in [-0.39, 0.29) is 11.7 Å². The van der Waals surface area contributed by atoms with Gasteiger partial charge in [0.25, 0.3) is 5.91 Å². The Hall–Kier alpha value is -2.07. The van der Waals surface area contributed by atoms with Crippen molar-refractivity contribution in [2.75, 3.05) is 6.54 Å². The number of carbonyl (C=O) groups excluding carboxylic acids is 1. The van der Waals surface area contributed by atoms with E-state index >= 15 is 0 Å². The molecule has 23 heavy (non-hydrogen) atoms. The first-order chi connectivity index (χ1) is 10.9. The highest BCUT2D eigenvalue weighted by atomic mass is 35.5. The Morgan fingerprint density at radius 2 is 1.74 bits per heavy atom. The summed E-state index contributed by atoms with van der Waals surface area (Å²) < 4.78 is 18.5. The fourth-order valence-electron chi connectivity index (χ4n) is 2.03. The molecule has 0 aromatic heterocycles. The minimum absolute atomic E-state index is 0.213. The zero-order valence-corrected chi connectivity index (χ0v) is 13.9. The van der Waals surface area contributed by atoms with Gasteiger partial charge < -0.3 is 10.1 Å². The van der Waals surface area contributed by atoms with Crippen molar-refractivity contribution in [1.29, 1.82) is 0 Å². The van der Waals surface area contributed by atoms with Gasteiger partial charge in [-0.15, -0.1) is 0 Å². The summed E-state index contributed by atoms with van der Waals surface area (Å²) in [5.74, 6) is 0.0953. The van der Waals surface area contributed by atoms with E-state index in [9.17, 15) is 9.18 Å². The van der Waals surface area contributed by atoms with Crippen LogP contribution in [-0.2, 0) is 11.2 Å². The average Bonchev–Trinajstić information content (AvgIpc) is 2.51. The monoisotopic (exact) mass is 335 g/mol. The van der Waals surface area contributed by atoms with Crippen LogP contribution in [0.25, 0.3) is 0 Å². The average molecular weight is 336 g/mol. The van der Waals surface area contributed by atoms with Gasteiger partial charge in [-0.25, -0.2) is 4.39 Å². The van der Waals surface area contributed by atoms with E-state index in [1.807, 2.05) is 0 Å². The maximum atomic E-state index is 12.8. The number of halogens is 2. The van der Waals surface area contributed by atoms with Crippen molar-refractivity contribution in [3.63, 3.8) is 0 Å². The van der Waals surface area contributed by atoms with Crippen molar-refractivity contribution >= 4 is 17.5 Å². The van der Waals surface area contributed by atoms with Crippen LogP contribution in [0.1, 0.15) is 19.4 Å². The van der Waals surface area contributed by atoms with Crippen molar-refractivity contribution in [1.82, 2.24) is 5.32 Å². The number of nitrogens with one attached hydrogen (secondary N) is 1. The molecule has 2 aromatic rings. The molecule has 0 bridgehead atoms. The van der Waals surface area contributed by atoms with Crippen LogP contribution < -0.4 is 10.1 Å². The fourth-order valence-corrected chi connectivity index (χ4v) is 2.15.